The highest BCUT2D eigenvalue weighted by Crippen LogP contribution is 2.14. The van der Waals surface area contributed by atoms with Crippen molar-refractivity contribution in [2.45, 2.75) is 20.0 Å². The second kappa shape index (κ2) is 11.1. The van der Waals surface area contributed by atoms with Gasteiger partial charge in [0.2, 0.25) is 0 Å². The Bertz CT molecular complexity index is 673. The average molecular weight is 355 g/mol. The molecule has 1 heterocycles. The number of rotatable bonds is 9. The van der Waals surface area contributed by atoms with Gasteiger partial charge in [-0.2, -0.15) is 0 Å². The van der Waals surface area contributed by atoms with Gasteiger partial charge < -0.3 is 20.3 Å². The van der Waals surface area contributed by atoms with Crippen molar-refractivity contribution in [1.82, 2.24) is 20.5 Å². The highest BCUT2D eigenvalue weighted by molar-refractivity contribution is 5.79. The second-order valence-corrected chi connectivity index (χ2v) is 6.17. The summed E-state index contributed by atoms with van der Waals surface area (Å²) in [5, 5.41) is 6.57. The van der Waals surface area contributed by atoms with Crippen molar-refractivity contribution in [3.63, 3.8) is 0 Å². The Morgan fingerprint density at radius 3 is 2.77 bits per heavy atom. The number of aliphatic imine (C=N–C) groups is 1. The van der Waals surface area contributed by atoms with Gasteiger partial charge in [-0.1, -0.05) is 18.2 Å². The Hall–Kier alpha value is -2.60. The molecule has 0 unspecified atom stereocenters. The summed E-state index contributed by atoms with van der Waals surface area (Å²) < 4.78 is 5.79. The van der Waals surface area contributed by atoms with Crippen LogP contribution in [0.5, 0.6) is 5.75 Å². The molecule has 6 heteroatoms. The van der Waals surface area contributed by atoms with Crippen LogP contribution >= 0.6 is 0 Å². The SMILES string of the molecule is CCNC(=NCc1cccc(OCCN(C)C)c1)NCc1ccccn1. The molecule has 0 bridgehead atoms. The highest BCUT2D eigenvalue weighted by atomic mass is 16.5. The fraction of sp³-hybridized carbons (Fsp3) is 0.400. The van der Waals surface area contributed by atoms with Gasteiger partial charge in [-0.3, -0.25) is 4.98 Å². The zero-order valence-corrected chi connectivity index (χ0v) is 15.9. The van der Waals surface area contributed by atoms with Crippen LogP contribution in [0, 0.1) is 0 Å². The molecule has 0 aliphatic rings. The van der Waals surface area contributed by atoms with Crippen LogP contribution in [0.2, 0.25) is 0 Å². The predicted octanol–water partition coefficient (Wildman–Crippen LogP) is 2.28. The molecular formula is C20H29N5O. The fourth-order valence-electron chi connectivity index (χ4n) is 2.27. The van der Waals surface area contributed by atoms with Gasteiger partial charge in [0.05, 0.1) is 18.8 Å². The molecule has 0 saturated carbocycles. The third-order valence-electron chi connectivity index (χ3n) is 3.63. The monoisotopic (exact) mass is 355 g/mol. The number of aromatic nitrogens is 1. The minimum absolute atomic E-state index is 0.586. The van der Waals surface area contributed by atoms with E-state index in [9.17, 15) is 0 Å². The molecule has 0 spiro atoms. The summed E-state index contributed by atoms with van der Waals surface area (Å²) >= 11 is 0. The van der Waals surface area contributed by atoms with Crippen molar-refractivity contribution in [3.05, 3.63) is 59.9 Å². The van der Waals surface area contributed by atoms with Gasteiger partial charge in [0, 0.05) is 19.3 Å². The van der Waals surface area contributed by atoms with E-state index < -0.39 is 0 Å². The molecule has 0 fully saturated rings. The quantitative estimate of drug-likeness (QED) is 0.534. The number of hydrogen-bond acceptors (Lipinski definition) is 4. The maximum absolute atomic E-state index is 5.79. The van der Waals surface area contributed by atoms with Crippen molar-refractivity contribution in [2.75, 3.05) is 33.8 Å². The number of pyridine rings is 1. The van der Waals surface area contributed by atoms with Crippen LogP contribution in [0.3, 0.4) is 0 Å². The van der Waals surface area contributed by atoms with E-state index in [4.69, 9.17) is 4.74 Å². The predicted molar refractivity (Wildman–Crippen MR) is 106 cm³/mol. The Balaban J connectivity index is 1.91. The molecule has 2 rings (SSSR count). The first-order chi connectivity index (χ1) is 12.7. The number of ether oxygens (including phenoxy) is 1. The third kappa shape index (κ3) is 7.53. The van der Waals surface area contributed by atoms with Crippen LogP contribution in [0.1, 0.15) is 18.2 Å². The summed E-state index contributed by atoms with van der Waals surface area (Å²) in [6, 6.07) is 14.0. The molecule has 0 saturated heterocycles. The summed E-state index contributed by atoms with van der Waals surface area (Å²) in [7, 11) is 4.07. The summed E-state index contributed by atoms with van der Waals surface area (Å²) in [5.41, 5.74) is 2.09. The second-order valence-electron chi connectivity index (χ2n) is 6.17. The highest BCUT2D eigenvalue weighted by Gasteiger charge is 2.01. The van der Waals surface area contributed by atoms with Gasteiger partial charge in [-0.05, 0) is 50.8 Å². The van der Waals surface area contributed by atoms with Gasteiger partial charge in [0.25, 0.3) is 0 Å². The summed E-state index contributed by atoms with van der Waals surface area (Å²) in [6.45, 7) is 5.65. The maximum Gasteiger partial charge on any atom is 0.191 e. The van der Waals surface area contributed by atoms with Crippen LogP contribution in [-0.2, 0) is 13.1 Å². The van der Waals surface area contributed by atoms with Crippen LogP contribution in [0.15, 0.2) is 53.7 Å². The van der Waals surface area contributed by atoms with E-state index in [-0.39, 0.29) is 0 Å². The number of benzene rings is 1. The van der Waals surface area contributed by atoms with Crippen LogP contribution in [-0.4, -0.2) is 49.6 Å². The number of likely N-dealkylation sites (N-methyl/N-ethyl adjacent to an activating group) is 1. The largest absolute Gasteiger partial charge is 0.492 e. The van der Waals surface area contributed by atoms with Gasteiger partial charge in [0.1, 0.15) is 12.4 Å². The Kier molecular flexibility index (Phi) is 8.42. The van der Waals surface area contributed by atoms with Crippen molar-refractivity contribution in [2.24, 2.45) is 4.99 Å². The number of guanidine groups is 1. The van der Waals surface area contributed by atoms with Gasteiger partial charge in [0.15, 0.2) is 5.96 Å². The molecular weight excluding hydrogens is 326 g/mol. The molecule has 140 valence electrons. The van der Waals surface area contributed by atoms with Crippen LogP contribution < -0.4 is 15.4 Å². The average Bonchev–Trinajstić information content (AvgIpc) is 2.65. The lowest BCUT2D eigenvalue weighted by atomic mass is 10.2. The first-order valence-electron chi connectivity index (χ1n) is 8.96. The van der Waals surface area contributed by atoms with E-state index in [1.165, 1.54) is 0 Å². The number of nitrogens with one attached hydrogen (secondary N) is 2. The molecule has 0 aliphatic heterocycles. The van der Waals surface area contributed by atoms with E-state index in [1.807, 2.05) is 50.5 Å². The Labute approximate surface area is 156 Å². The standard InChI is InChI=1S/C20H29N5O/c1-4-21-20(24-16-18-9-5-6-11-22-18)23-15-17-8-7-10-19(14-17)26-13-12-25(2)3/h5-11,14H,4,12-13,15-16H2,1-3H3,(H2,21,23,24). The summed E-state index contributed by atoms with van der Waals surface area (Å²) in [4.78, 5) is 11.1. The molecule has 0 atom stereocenters. The van der Waals surface area contributed by atoms with E-state index in [2.05, 4.69) is 38.5 Å². The Morgan fingerprint density at radius 1 is 1.15 bits per heavy atom. The smallest absolute Gasteiger partial charge is 0.191 e. The lowest BCUT2D eigenvalue weighted by Gasteiger charge is -2.12. The molecule has 1 aromatic heterocycles. The molecule has 1 aromatic carbocycles. The third-order valence-corrected chi connectivity index (χ3v) is 3.63. The van der Waals surface area contributed by atoms with E-state index in [0.29, 0.717) is 19.7 Å². The zero-order valence-electron chi connectivity index (χ0n) is 15.9. The van der Waals surface area contributed by atoms with Gasteiger partial charge in [-0.15, -0.1) is 0 Å². The first kappa shape index (κ1) is 19.7. The molecule has 0 radical (unpaired) electrons. The zero-order chi connectivity index (χ0) is 18.6. The van der Waals surface area contributed by atoms with Crippen molar-refractivity contribution < 1.29 is 4.74 Å². The van der Waals surface area contributed by atoms with Crippen LogP contribution in [0.25, 0.3) is 0 Å². The normalized spacial score (nSPS) is 11.5. The van der Waals surface area contributed by atoms with Gasteiger partial charge >= 0.3 is 0 Å². The van der Waals surface area contributed by atoms with Crippen molar-refractivity contribution in [1.29, 1.82) is 0 Å². The molecule has 2 N–H and O–H groups in total. The van der Waals surface area contributed by atoms with E-state index >= 15 is 0 Å². The first-order valence-corrected chi connectivity index (χ1v) is 8.96. The van der Waals surface area contributed by atoms with Crippen molar-refractivity contribution >= 4 is 5.96 Å². The van der Waals surface area contributed by atoms with E-state index in [1.54, 1.807) is 6.20 Å². The van der Waals surface area contributed by atoms with Crippen LogP contribution in [0.4, 0.5) is 0 Å². The summed E-state index contributed by atoms with van der Waals surface area (Å²) in [5.74, 6) is 1.66. The maximum atomic E-state index is 5.79. The fourth-order valence-corrected chi connectivity index (χ4v) is 2.27. The minimum Gasteiger partial charge on any atom is -0.492 e. The molecule has 0 amide bonds. The lowest BCUT2D eigenvalue weighted by molar-refractivity contribution is 0.261. The molecule has 2 aromatic rings. The number of nitrogens with zero attached hydrogens (tertiary/aromatic N) is 3. The van der Waals surface area contributed by atoms with E-state index in [0.717, 1.165) is 36.1 Å². The number of hydrogen-bond donors (Lipinski definition) is 2. The summed E-state index contributed by atoms with van der Waals surface area (Å²) in [6.07, 6.45) is 1.79. The molecule has 6 nitrogen and oxygen atoms in total. The van der Waals surface area contributed by atoms with Gasteiger partial charge in [-0.25, -0.2) is 4.99 Å². The van der Waals surface area contributed by atoms with Crippen molar-refractivity contribution in [3.8, 4) is 5.75 Å². The lowest BCUT2D eigenvalue weighted by Crippen LogP contribution is -2.37. The minimum atomic E-state index is 0.586. The Morgan fingerprint density at radius 2 is 2.04 bits per heavy atom. The molecule has 26 heavy (non-hydrogen) atoms. The topological polar surface area (TPSA) is 61.8 Å². The molecule has 0 aliphatic carbocycles.